The molecule has 2 aromatic rings. The summed E-state index contributed by atoms with van der Waals surface area (Å²) in [5, 5.41) is 9.92. The van der Waals surface area contributed by atoms with E-state index in [1.54, 1.807) is 17.9 Å². The van der Waals surface area contributed by atoms with Crippen molar-refractivity contribution >= 4 is 17.5 Å². The molecule has 0 aliphatic carbocycles. The lowest BCUT2D eigenvalue weighted by Crippen LogP contribution is -2.25. The van der Waals surface area contributed by atoms with Crippen LogP contribution >= 0.6 is 0 Å². The van der Waals surface area contributed by atoms with Gasteiger partial charge in [0.2, 0.25) is 0 Å². The minimum Gasteiger partial charge on any atom is -0.485 e. The van der Waals surface area contributed by atoms with Crippen LogP contribution in [0.1, 0.15) is 32.4 Å². The molecule has 1 aromatic heterocycles. The Morgan fingerprint density at radius 3 is 2.96 bits per heavy atom. The van der Waals surface area contributed by atoms with E-state index in [0.717, 1.165) is 17.7 Å². The second kappa shape index (κ2) is 6.76. The van der Waals surface area contributed by atoms with Gasteiger partial charge in [0, 0.05) is 31.4 Å². The number of nitrogens with one attached hydrogen (secondary N) is 2. The maximum atomic E-state index is 12.3. The number of amides is 2. The number of methoxy groups -OCH3 is 1. The zero-order chi connectivity index (χ0) is 18.0. The van der Waals surface area contributed by atoms with E-state index < -0.39 is 0 Å². The lowest BCUT2D eigenvalue weighted by Gasteiger charge is -2.18. The molecule has 1 aromatic carbocycles. The Morgan fingerprint density at radius 1 is 1.40 bits per heavy atom. The van der Waals surface area contributed by atoms with E-state index in [4.69, 9.17) is 9.47 Å². The van der Waals surface area contributed by atoms with Crippen molar-refractivity contribution in [3.8, 4) is 5.75 Å². The van der Waals surface area contributed by atoms with Gasteiger partial charge in [0.25, 0.3) is 0 Å². The first-order valence-electron chi connectivity index (χ1n) is 8.31. The maximum absolute atomic E-state index is 12.3. The van der Waals surface area contributed by atoms with E-state index in [2.05, 4.69) is 15.7 Å². The van der Waals surface area contributed by atoms with Gasteiger partial charge < -0.3 is 14.8 Å². The predicted octanol–water partition coefficient (Wildman–Crippen LogP) is 3.45. The van der Waals surface area contributed by atoms with Crippen molar-refractivity contribution in [1.29, 1.82) is 0 Å². The zero-order valence-electron chi connectivity index (χ0n) is 15.0. The van der Waals surface area contributed by atoms with E-state index in [1.165, 1.54) is 0 Å². The maximum Gasteiger partial charge on any atom is 0.325 e. The van der Waals surface area contributed by atoms with E-state index in [0.29, 0.717) is 18.1 Å². The largest absolute Gasteiger partial charge is 0.485 e. The van der Waals surface area contributed by atoms with Crippen molar-refractivity contribution in [3.05, 3.63) is 36.0 Å². The van der Waals surface area contributed by atoms with Crippen molar-refractivity contribution in [2.45, 2.75) is 38.8 Å². The summed E-state index contributed by atoms with van der Waals surface area (Å²) >= 11 is 0. The standard InChI is InChI=1S/C18H24N4O3/c1-12(11-24-4)22-9-8-15(21-22)20-17(23)19-14-7-5-6-13-10-18(2,3)25-16(13)14/h5-9,12H,10-11H2,1-4H3,(H2,19,20,21,23)/t12-/m1/s1. The van der Waals surface area contributed by atoms with Gasteiger partial charge in [0.05, 0.1) is 18.3 Å². The number of fused-ring (bicyclic) bond motifs is 1. The first-order valence-corrected chi connectivity index (χ1v) is 8.31. The van der Waals surface area contributed by atoms with Crippen LogP contribution in [0.5, 0.6) is 5.75 Å². The van der Waals surface area contributed by atoms with Crippen LogP contribution in [0.15, 0.2) is 30.5 Å². The van der Waals surface area contributed by atoms with Gasteiger partial charge in [-0.2, -0.15) is 5.10 Å². The molecule has 2 amide bonds. The van der Waals surface area contributed by atoms with Crippen LogP contribution in [-0.2, 0) is 11.2 Å². The molecule has 0 saturated heterocycles. The highest BCUT2D eigenvalue weighted by Gasteiger charge is 2.32. The number of carbonyl (C=O) groups excluding carboxylic acids is 1. The van der Waals surface area contributed by atoms with E-state index in [1.807, 2.05) is 45.2 Å². The highest BCUT2D eigenvalue weighted by Crippen LogP contribution is 2.40. The molecule has 1 aliphatic heterocycles. The van der Waals surface area contributed by atoms with Gasteiger partial charge >= 0.3 is 6.03 Å². The van der Waals surface area contributed by atoms with E-state index in [9.17, 15) is 4.79 Å². The average molecular weight is 344 g/mol. The van der Waals surface area contributed by atoms with Gasteiger partial charge in [0.15, 0.2) is 5.82 Å². The van der Waals surface area contributed by atoms with Crippen LogP contribution in [0.4, 0.5) is 16.3 Å². The summed E-state index contributed by atoms with van der Waals surface area (Å²) in [6.07, 6.45) is 2.63. The van der Waals surface area contributed by atoms with Crippen molar-refractivity contribution in [1.82, 2.24) is 9.78 Å². The van der Waals surface area contributed by atoms with Crippen LogP contribution in [0.25, 0.3) is 0 Å². The molecule has 0 saturated carbocycles. The first-order chi connectivity index (χ1) is 11.9. The van der Waals surface area contributed by atoms with Crippen LogP contribution in [-0.4, -0.2) is 35.1 Å². The molecule has 0 bridgehead atoms. The van der Waals surface area contributed by atoms with Crippen LogP contribution in [0.2, 0.25) is 0 Å². The summed E-state index contributed by atoms with van der Waals surface area (Å²) in [6.45, 7) is 6.61. The van der Waals surface area contributed by atoms with E-state index in [-0.39, 0.29) is 17.7 Å². The Balaban J connectivity index is 1.66. The first kappa shape index (κ1) is 17.3. The monoisotopic (exact) mass is 344 g/mol. The molecular formula is C18H24N4O3. The molecule has 2 N–H and O–H groups in total. The predicted molar refractivity (Wildman–Crippen MR) is 96.3 cm³/mol. The quantitative estimate of drug-likeness (QED) is 0.871. The molecule has 3 rings (SSSR count). The third-order valence-electron chi connectivity index (χ3n) is 4.05. The molecule has 25 heavy (non-hydrogen) atoms. The zero-order valence-corrected chi connectivity index (χ0v) is 15.0. The number of aromatic nitrogens is 2. The smallest absolute Gasteiger partial charge is 0.325 e. The molecule has 0 radical (unpaired) electrons. The number of nitrogens with zero attached hydrogens (tertiary/aromatic N) is 2. The lowest BCUT2D eigenvalue weighted by molar-refractivity contribution is 0.139. The number of rotatable bonds is 5. The number of para-hydroxylation sites is 1. The third kappa shape index (κ3) is 3.93. The minimum absolute atomic E-state index is 0.0941. The molecule has 1 aliphatic rings. The van der Waals surface area contributed by atoms with Gasteiger partial charge in [-0.25, -0.2) is 4.79 Å². The molecule has 0 fully saturated rings. The Bertz CT molecular complexity index is 769. The molecular weight excluding hydrogens is 320 g/mol. The molecule has 0 unspecified atom stereocenters. The number of benzene rings is 1. The highest BCUT2D eigenvalue weighted by molar-refractivity contribution is 6.00. The van der Waals surface area contributed by atoms with Crippen LogP contribution in [0.3, 0.4) is 0 Å². The SMILES string of the molecule is COC[C@@H](C)n1ccc(NC(=O)Nc2cccc3c2OC(C)(C)C3)n1. The van der Waals surface area contributed by atoms with Crippen molar-refractivity contribution in [2.24, 2.45) is 0 Å². The highest BCUT2D eigenvalue weighted by atomic mass is 16.5. The second-order valence-electron chi connectivity index (χ2n) is 6.90. The second-order valence-corrected chi connectivity index (χ2v) is 6.90. The number of hydrogen-bond acceptors (Lipinski definition) is 4. The Labute approximate surface area is 147 Å². The number of ether oxygens (including phenoxy) is 2. The molecule has 134 valence electrons. The van der Waals surface area contributed by atoms with Gasteiger partial charge in [0.1, 0.15) is 11.4 Å². The van der Waals surface area contributed by atoms with Gasteiger partial charge in [-0.3, -0.25) is 10.00 Å². The van der Waals surface area contributed by atoms with Crippen molar-refractivity contribution < 1.29 is 14.3 Å². The van der Waals surface area contributed by atoms with Gasteiger partial charge in [-0.15, -0.1) is 0 Å². The van der Waals surface area contributed by atoms with Gasteiger partial charge in [-0.1, -0.05) is 12.1 Å². The topological polar surface area (TPSA) is 77.4 Å². The molecule has 7 nitrogen and oxygen atoms in total. The molecule has 0 spiro atoms. The van der Waals surface area contributed by atoms with E-state index >= 15 is 0 Å². The van der Waals surface area contributed by atoms with Gasteiger partial charge in [-0.05, 0) is 26.8 Å². The summed E-state index contributed by atoms with van der Waals surface area (Å²) in [5.41, 5.74) is 1.50. The Hall–Kier alpha value is -2.54. The molecule has 2 heterocycles. The number of hydrogen-bond donors (Lipinski definition) is 2. The minimum atomic E-state index is -0.355. The Morgan fingerprint density at radius 2 is 2.20 bits per heavy atom. The summed E-state index contributed by atoms with van der Waals surface area (Å²) in [4.78, 5) is 12.3. The van der Waals surface area contributed by atoms with Crippen molar-refractivity contribution in [2.75, 3.05) is 24.4 Å². The summed E-state index contributed by atoms with van der Waals surface area (Å²) in [6, 6.07) is 7.26. The Kier molecular flexibility index (Phi) is 4.67. The number of anilines is 2. The van der Waals surface area contributed by atoms with Crippen LogP contribution < -0.4 is 15.4 Å². The normalized spacial score (nSPS) is 16.0. The molecule has 1 atom stereocenters. The summed E-state index contributed by atoms with van der Waals surface area (Å²) in [7, 11) is 1.65. The average Bonchev–Trinajstić information content (AvgIpc) is 3.11. The fourth-order valence-corrected chi connectivity index (χ4v) is 2.95. The number of urea groups is 1. The summed E-state index contributed by atoms with van der Waals surface area (Å²) < 4.78 is 12.8. The third-order valence-corrected chi connectivity index (χ3v) is 4.05. The molecule has 7 heteroatoms. The van der Waals surface area contributed by atoms with Crippen molar-refractivity contribution in [3.63, 3.8) is 0 Å². The summed E-state index contributed by atoms with van der Waals surface area (Å²) in [5.74, 6) is 1.22. The van der Waals surface area contributed by atoms with Crippen LogP contribution in [0, 0.1) is 0 Å². The fraction of sp³-hybridized carbons (Fsp3) is 0.444. The fourth-order valence-electron chi connectivity index (χ4n) is 2.95. The lowest BCUT2D eigenvalue weighted by atomic mass is 10.0. The number of carbonyl (C=O) groups is 1.